The van der Waals surface area contributed by atoms with E-state index in [0.29, 0.717) is 17.1 Å². The van der Waals surface area contributed by atoms with Crippen molar-refractivity contribution < 1.29 is 9.59 Å². The summed E-state index contributed by atoms with van der Waals surface area (Å²) < 4.78 is 1.62. The van der Waals surface area contributed by atoms with Gasteiger partial charge in [-0.05, 0) is 56.7 Å². The molecular weight excluding hydrogens is 444 g/mol. The third-order valence-electron chi connectivity index (χ3n) is 5.42. The van der Waals surface area contributed by atoms with Gasteiger partial charge in [-0.1, -0.05) is 36.4 Å². The van der Waals surface area contributed by atoms with Crippen molar-refractivity contribution in [3.05, 3.63) is 50.1 Å². The van der Waals surface area contributed by atoms with Crippen LogP contribution in [0.25, 0.3) is 15.9 Å². The van der Waals surface area contributed by atoms with Crippen molar-refractivity contribution in [2.45, 2.75) is 51.6 Å². The standard InChI is InChI=1S/C23H26N4O3S2/c1-4-10-24-22(30)25-18(28)12-31-23-26-20-19(15-6-5-7-17(15)32-20)21(29)27(23)16-9-8-13(2)11-14(16)3/h8-9,11H,4-7,10,12H2,1-3H3,(H2,24,25,28,30). The number of fused-ring (bicyclic) bond motifs is 3. The summed E-state index contributed by atoms with van der Waals surface area (Å²) in [5.41, 5.74) is 3.87. The number of thioether (sulfide) groups is 1. The molecule has 32 heavy (non-hydrogen) atoms. The second-order valence-electron chi connectivity index (χ2n) is 7.96. The van der Waals surface area contributed by atoms with Gasteiger partial charge in [0.2, 0.25) is 5.91 Å². The molecule has 9 heteroatoms. The van der Waals surface area contributed by atoms with E-state index < -0.39 is 11.9 Å². The van der Waals surface area contributed by atoms with Crippen LogP contribution in [-0.2, 0) is 17.6 Å². The molecule has 1 aromatic carbocycles. The van der Waals surface area contributed by atoms with Crippen LogP contribution in [0.15, 0.2) is 28.2 Å². The maximum absolute atomic E-state index is 13.7. The third-order valence-corrected chi connectivity index (χ3v) is 7.55. The smallest absolute Gasteiger partial charge is 0.321 e. The number of nitrogens with zero attached hydrogens (tertiary/aromatic N) is 2. The summed E-state index contributed by atoms with van der Waals surface area (Å²) in [5, 5.41) is 6.10. The number of thiophene rings is 1. The second kappa shape index (κ2) is 9.46. The van der Waals surface area contributed by atoms with E-state index in [1.165, 1.54) is 4.88 Å². The predicted molar refractivity (Wildman–Crippen MR) is 129 cm³/mol. The zero-order chi connectivity index (χ0) is 22.8. The number of aryl methyl sites for hydroxylation is 4. The SMILES string of the molecule is CCCNC(=O)NC(=O)CSc1nc2sc3c(c2c(=O)n1-c1ccc(C)cc1C)CCC3. The van der Waals surface area contributed by atoms with Crippen molar-refractivity contribution in [2.75, 3.05) is 12.3 Å². The number of carbonyl (C=O) groups excluding carboxylic acids is 2. The van der Waals surface area contributed by atoms with E-state index in [-0.39, 0.29) is 11.3 Å². The number of nitrogens with one attached hydrogen (secondary N) is 2. The highest BCUT2D eigenvalue weighted by molar-refractivity contribution is 7.99. The fourth-order valence-corrected chi connectivity index (χ4v) is 6.07. The van der Waals surface area contributed by atoms with Crippen LogP contribution < -0.4 is 16.2 Å². The number of rotatable bonds is 6. The highest BCUT2D eigenvalue weighted by atomic mass is 32.2. The van der Waals surface area contributed by atoms with E-state index in [2.05, 4.69) is 10.6 Å². The first-order chi connectivity index (χ1) is 15.4. The number of carbonyl (C=O) groups is 2. The van der Waals surface area contributed by atoms with Gasteiger partial charge in [-0.15, -0.1) is 11.3 Å². The lowest BCUT2D eigenvalue weighted by molar-refractivity contribution is -0.117. The van der Waals surface area contributed by atoms with Crippen LogP contribution >= 0.6 is 23.1 Å². The molecule has 2 heterocycles. The number of imide groups is 1. The van der Waals surface area contributed by atoms with Gasteiger partial charge in [0, 0.05) is 11.4 Å². The molecule has 0 saturated carbocycles. The van der Waals surface area contributed by atoms with Crippen molar-refractivity contribution in [1.82, 2.24) is 20.2 Å². The van der Waals surface area contributed by atoms with E-state index in [1.54, 1.807) is 15.9 Å². The quantitative estimate of drug-likeness (QED) is 0.421. The Morgan fingerprint density at radius 2 is 2.06 bits per heavy atom. The Kier molecular flexibility index (Phi) is 6.66. The van der Waals surface area contributed by atoms with Crippen LogP contribution in [0.4, 0.5) is 4.79 Å². The average molecular weight is 471 g/mol. The molecule has 0 bridgehead atoms. The maximum Gasteiger partial charge on any atom is 0.321 e. The molecule has 168 valence electrons. The minimum absolute atomic E-state index is 0.0203. The third kappa shape index (κ3) is 4.45. The predicted octanol–water partition coefficient (Wildman–Crippen LogP) is 3.88. The molecule has 4 rings (SSSR count). The molecule has 0 aliphatic heterocycles. The summed E-state index contributed by atoms with van der Waals surface area (Å²) in [4.78, 5) is 44.6. The second-order valence-corrected chi connectivity index (χ2v) is 9.98. The maximum atomic E-state index is 13.7. The summed E-state index contributed by atoms with van der Waals surface area (Å²) in [6, 6.07) is 5.41. The largest absolute Gasteiger partial charge is 0.338 e. The van der Waals surface area contributed by atoms with Gasteiger partial charge in [-0.3, -0.25) is 19.5 Å². The molecule has 0 unspecified atom stereocenters. The molecule has 2 aromatic heterocycles. The van der Waals surface area contributed by atoms with Crippen LogP contribution in [0.1, 0.15) is 41.3 Å². The molecule has 0 saturated heterocycles. The first-order valence-corrected chi connectivity index (χ1v) is 12.5. The molecule has 1 aliphatic carbocycles. The van der Waals surface area contributed by atoms with Gasteiger partial charge in [-0.25, -0.2) is 9.78 Å². The molecule has 1 aliphatic rings. The molecule has 2 N–H and O–H groups in total. The van der Waals surface area contributed by atoms with Crippen LogP contribution in [-0.4, -0.2) is 33.8 Å². The zero-order valence-corrected chi connectivity index (χ0v) is 20.0. The van der Waals surface area contributed by atoms with Crippen molar-refractivity contribution in [2.24, 2.45) is 0 Å². The summed E-state index contributed by atoms with van der Waals surface area (Å²) in [7, 11) is 0. The minimum atomic E-state index is -0.512. The van der Waals surface area contributed by atoms with Crippen LogP contribution in [0, 0.1) is 13.8 Å². The highest BCUT2D eigenvalue weighted by Gasteiger charge is 2.24. The Hall–Kier alpha value is -2.65. The summed E-state index contributed by atoms with van der Waals surface area (Å²) in [6.45, 7) is 6.42. The first kappa shape index (κ1) is 22.5. The Morgan fingerprint density at radius 1 is 1.25 bits per heavy atom. The van der Waals surface area contributed by atoms with Gasteiger partial charge in [-0.2, -0.15) is 0 Å². The molecule has 0 radical (unpaired) electrons. The summed E-state index contributed by atoms with van der Waals surface area (Å²) >= 11 is 2.74. The van der Waals surface area contributed by atoms with Crippen molar-refractivity contribution in [3.8, 4) is 5.69 Å². The Bertz CT molecular complexity index is 1260. The van der Waals surface area contributed by atoms with Crippen LogP contribution in [0.3, 0.4) is 0 Å². The van der Waals surface area contributed by atoms with Crippen LogP contribution in [0.2, 0.25) is 0 Å². The van der Waals surface area contributed by atoms with Crippen LogP contribution in [0.5, 0.6) is 0 Å². The average Bonchev–Trinajstić information content (AvgIpc) is 3.32. The molecular formula is C23H26N4O3S2. The fraction of sp³-hybridized carbons (Fsp3) is 0.391. The number of benzene rings is 1. The van der Waals surface area contributed by atoms with Gasteiger partial charge < -0.3 is 5.32 Å². The Balaban J connectivity index is 1.72. The fourth-order valence-electron chi connectivity index (χ4n) is 3.97. The summed E-state index contributed by atoms with van der Waals surface area (Å²) in [5.74, 6) is -0.452. The molecule has 7 nitrogen and oxygen atoms in total. The van der Waals surface area contributed by atoms with E-state index in [1.807, 2.05) is 39.0 Å². The van der Waals surface area contributed by atoms with E-state index in [9.17, 15) is 14.4 Å². The normalized spacial score (nSPS) is 12.7. The number of hydrogen-bond donors (Lipinski definition) is 2. The number of urea groups is 1. The van der Waals surface area contributed by atoms with E-state index in [0.717, 1.165) is 64.7 Å². The van der Waals surface area contributed by atoms with Gasteiger partial charge in [0.15, 0.2) is 5.16 Å². The monoisotopic (exact) mass is 470 g/mol. The zero-order valence-electron chi connectivity index (χ0n) is 18.4. The Labute approximate surface area is 194 Å². The van der Waals surface area contributed by atoms with Gasteiger partial charge in [0.05, 0.1) is 16.8 Å². The Morgan fingerprint density at radius 3 is 2.81 bits per heavy atom. The van der Waals surface area contributed by atoms with Gasteiger partial charge in [0.1, 0.15) is 4.83 Å². The first-order valence-electron chi connectivity index (χ1n) is 10.7. The minimum Gasteiger partial charge on any atom is -0.338 e. The molecule has 0 fully saturated rings. The van der Waals surface area contributed by atoms with E-state index in [4.69, 9.17) is 4.98 Å². The lowest BCUT2D eigenvalue weighted by atomic mass is 10.1. The van der Waals surface area contributed by atoms with Gasteiger partial charge >= 0.3 is 6.03 Å². The van der Waals surface area contributed by atoms with Crippen molar-refractivity contribution in [3.63, 3.8) is 0 Å². The van der Waals surface area contributed by atoms with Crippen molar-refractivity contribution >= 4 is 45.3 Å². The summed E-state index contributed by atoms with van der Waals surface area (Å²) in [6.07, 6.45) is 3.74. The van der Waals surface area contributed by atoms with E-state index >= 15 is 0 Å². The molecule has 0 atom stereocenters. The topological polar surface area (TPSA) is 93.1 Å². The lowest BCUT2D eigenvalue weighted by Gasteiger charge is -2.15. The number of aromatic nitrogens is 2. The number of hydrogen-bond acceptors (Lipinski definition) is 6. The van der Waals surface area contributed by atoms with Gasteiger partial charge in [0.25, 0.3) is 5.56 Å². The lowest BCUT2D eigenvalue weighted by Crippen LogP contribution is -2.40. The van der Waals surface area contributed by atoms with Crippen molar-refractivity contribution in [1.29, 1.82) is 0 Å². The molecule has 3 aromatic rings. The molecule has 0 spiro atoms. The highest BCUT2D eigenvalue weighted by Crippen LogP contribution is 2.36. The molecule has 3 amide bonds. The number of amides is 3.